The summed E-state index contributed by atoms with van der Waals surface area (Å²) >= 11 is 6.01. The zero-order chi connectivity index (χ0) is 19.6. The van der Waals surface area contributed by atoms with Gasteiger partial charge in [-0.3, -0.25) is 9.36 Å². The number of hydrogen-bond acceptors (Lipinski definition) is 5. The number of fused-ring (bicyclic) bond motifs is 1. The number of alkyl halides is 3. The average Bonchev–Trinajstić information content (AvgIpc) is 2.61. The van der Waals surface area contributed by atoms with Crippen LogP contribution in [-0.4, -0.2) is 20.5 Å². The predicted molar refractivity (Wildman–Crippen MR) is 102 cm³/mol. The summed E-state index contributed by atoms with van der Waals surface area (Å²) in [6.45, 7) is 2.08. The number of aromatic nitrogens is 2. The molecule has 0 fully saturated rings. The molecule has 0 radical (unpaired) electrons. The van der Waals surface area contributed by atoms with Crippen LogP contribution in [0.15, 0.2) is 58.5 Å². The lowest BCUT2D eigenvalue weighted by molar-refractivity contribution is -0.137. The van der Waals surface area contributed by atoms with E-state index in [4.69, 9.17) is 17.0 Å². The van der Waals surface area contributed by atoms with Gasteiger partial charge < -0.3 is 4.74 Å². The van der Waals surface area contributed by atoms with E-state index in [1.807, 2.05) is 0 Å². The Hall–Kier alpha value is -2.39. The van der Waals surface area contributed by atoms with Crippen LogP contribution in [-0.2, 0) is 10.9 Å². The molecule has 27 heavy (non-hydrogen) atoms. The Bertz CT molecular complexity index is 1060. The fraction of sp³-hybridized carbons (Fsp3) is 0.167. The molecular formula is C18H13F3N2O2S2. The lowest BCUT2D eigenvalue weighted by Crippen LogP contribution is -2.22. The van der Waals surface area contributed by atoms with E-state index in [1.54, 1.807) is 31.2 Å². The van der Waals surface area contributed by atoms with Gasteiger partial charge in [-0.05, 0) is 61.2 Å². The Morgan fingerprint density at radius 3 is 2.67 bits per heavy atom. The molecule has 0 saturated heterocycles. The third-order valence-electron chi connectivity index (χ3n) is 3.61. The summed E-state index contributed by atoms with van der Waals surface area (Å²) in [6, 6.07) is 11.1. The molecule has 1 aromatic heterocycles. The second-order valence-corrected chi connectivity index (χ2v) is 6.95. The van der Waals surface area contributed by atoms with E-state index >= 15 is 0 Å². The second kappa shape index (κ2) is 7.69. The van der Waals surface area contributed by atoms with Gasteiger partial charge in [0.25, 0.3) is 5.56 Å². The van der Waals surface area contributed by atoms with Gasteiger partial charge in [0.05, 0.1) is 28.8 Å². The summed E-state index contributed by atoms with van der Waals surface area (Å²) in [4.78, 5) is 17.4. The minimum absolute atomic E-state index is 0.0508. The second-order valence-electron chi connectivity index (χ2n) is 5.39. The van der Waals surface area contributed by atoms with Crippen molar-refractivity contribution >= 4 is 39.3 Å². The Kier molecular flexibility index (Phi) is 5.52. The molecule has 0 unspecified atom stereocenters. The third-order valence-corrected chi connectivity index (χ3v) is 4.72. The van der Waals surface area contributed by atoms with Crippen molar-refractivity contribution < 1.29 is 17.9 Å². The van der Waals surface area contributed by atoms with Crippen molar-refractivity contribution in [3.8, 4) is 5.69 Å². The highest BCUT2D eigenvalue weighted by Gasteiger charge is 2.31. The van der Waals surface area contributed by atoms with Crippen LogP contribution in [0.4, 0.5) is 13.2 Å². The van der Waals surface area contributed by atoms with Crippen molar-refractivity contribution in [3.63, 3.8) is 0 Å². The Morgan fingerprint density at radius 2 is 1.96 bits per heavy atom. The van der Waals surface area contributed by atoms with Gasteiger partial charge in [0, 0.05) is 0 Å². The van der Waals surface area contributed by atoms with Crippen molar-refractivity contribution in [1.29, 1.82) is 0 Å². The van der Waals surface area contributed by atoms with Gasteiger partial charge in [0.15, 0.2) is 5.16 Å². The van der Waals surface area contributed by atoms with Gasteiger partial charge in [-0.2, -0.15) is 13.2 Å². The van der Waals surface area contributed by atoms with Crippen LogP contribution in [0.3, 0.4) is 0 Å². The lowest BCUT2D eigenvalue weighted by atomic mass is 10.2. The first kappa shape index (κ1) is 19.4. The molecule has 3 aromatic rings. The molecule has 0 saturated carbocycles. The molecule has 0 atom stereocenters. The topological polar surface area (TPSA) is 44.1 Å². The summed E-state index contributed by atoms with van der Waals surface area (Å²) in [7, 11) is 0. The summed E-state index contributed by atoms with van der Waals surface area (Å²) < 4.78 is 45.8. The number of benzene rings is 2. The molecular weight excluding hydrogens is 397 g/mol. The highest BCUT2D eigenvalue weighted by atomic mass is 32.2. The summed E-state index contributed by atoms with van der Waals surface area (Å²) in [5, 5.41) is 0.429. The van der Waals surface area contributed by atoms with Crippen LogP contribution >= 0.6 is 24.0 Å². The van der Waals surface area contributed by atoms with Crippen LogP contribution in [0.1, 0.15) is 12.5 Å². The number of para-hydroxylation sites is 1. The molecule has 0 aliphatic rings. The predicted octanol–water partition coefficient (Wildman–Crippen LogP) is 4.82. The number of nitrogens with zero attached hydrogens (tertiary/aromatic N) is 2. The van der Waals surface area contributed by atoms with E-state index in [9.17, 15) is 18.0 Å². The van der Waals surface area contributed by atoms with Gasteiger partial charge in [-0.1, -0.05) is 18.2 Å². The molecule has 0 aliphatic carbocycles. The molecule has 9 heteroatoms. The molecule has 2 aromatic carbocycles. The molecule has 3 rings (SSSR count). The molecule has 1 heterocycles. The molecule has 0 N–H and O–H groups in total. The van der Waals surface area contributed by atoms with E-state index in [1.165, 1.54) is 12.1 Å². The maximum Gasteiger partial charge on any atom is 0.416 e. The quantitative estimate of drug-likeness (QED) is 0.352. The van der Waals surface area contributed by atoms with E-state index in [0.29, 0.717) is 17.5 Å². The molecule has 140 valence electrons. The van der Waals surface area contributed by atoms with Crippen molar-refractivity contribution in [2.24, 2.45) is 0 Å². The van der Waals surface area contributed by atoms with Gasteiger partial charge in [0.2, 0.25) is 4.38 Å². The van der Waals surface area contributed by atoms with Crippen molar-refractivity contribution in [2.75, 3.05) is 6.61 Å². The van der Waals surface area contributed by atoms with Gasteiger partial charge in [-0.25, -0.2) is 4.98 Å². The first-order valence-corrected chi connectivity index (χ1v) is 9.07. The summed E-state index contributed by atoms with van der Waals surface area (Å²) in [6.07, 6.45) is -4.53. The zero-order valence-electron chi connectivity index (χ0n) is 14.0. The summed E-state index contributed by atoms with van der Waals surface area (Å²) in [5.41, 5.74) is -0.868. The van der Waals surface area contributed by atoms with Crippen LogP contribution in [0, 0.1) is 0 Å². The first-order chi connectivity index (χ1) is 12.8. The first-order valence-electron chi connectivity index (χ1n) is 7.85. The highest BCUT2D eigenvalue weighted by Crippen LogP contribution is 2.31. The Morgan fingerprint density at radius 1 is 1.22 bits per heavy atom. The maximum absolute atomic E-state index is 13.1. The zero-order valence-corrected chi connectivity index (χ0v) is 15.6. The van der Waals surface area contributed by atoms with Crippen molar-refractivity contribution in [3.05, 3.63) is 64.4 Å². The van der Waals surface area contributed by atoms with Crippen LogP contribution < -0.4 is 5.56 Å². The van der Waals surface area contributed by atoms with Crippen LogP contribution in [0.25, 0.3) is 16.6 Å². The SMILES string of the molecule is CCOC(=S)Sc1nc2ccccc2c(=O)n1-c1cccc(C(F)(F)F)c1. The molecule has 0 aliphatic heterocycles. The van der Waals surface area contributed by atoms with Crippen molar-refractivity contribution in [2.45, 2.75) is 18.3 Å². The van der Waals surface area contributed by atoms with E-state index in [0.717, 1.165) is 28.5 Å². The number of rotatable bonds is 3. The largest absolute Gasteiger partial charge is 0.479 e. The molecule has 0 spiro atoms. The molecule has 0 bridgehead atoms. The highest BCUT2D eigenvalue weighted by molar-refractivity contribution is 8.22. The molecule has 4 nitrogen and oxygen atoms in total. The standard InChI is InChI=1S/C18H13F3N2O2S2/c1-2-25-17(26)27-16-22-14-9-4-3-8-13(14)15(24)23(16)12-7-5-6-11(10-12)18(19,20)21/h3-10H,2H2,1H3. The number of thioether (sulfide) groups is 1. The number of thiocarbonyl (C=S) groups is 1. The minimum atomic E-state index is -4.53. The number of hydrogen-bond donors (Lipinski definition) is 0. The van der Waals surface area contributed by atoms with Crippen LogP contribution in [0.2, 0.25) is 0 Å². The monoisotopic (exact) mass is 410 g/mol. The number of ether oxygens (including phenoxy) is 1. The molecule has 0 amide bonds. The van der Waals surface area contributed by atoms with Gasteiger partial charge in [0.1, 0.15) is 0 Å². The van der Waals surface area contributed by atoms with E-state index in [2.05, 4.69) is 4.98 Å². The fourth-order valence-electron chi connectivity index (χ4n) is 2.45. The van der Waals surface area contributed by atoms with Gasteiger partial charge >= 0.3 is 6.18 Å². The Labute approximate surface area is 162 Å². The lowest BCUT2D eigenvalue weighted by Gasteiger charge is -2.15. The van der Waals surface area contributed by atoms with Crippen LogP contribution in [0.5, 0.6) is 0 Å². The van der Waals surface area contributed by atoms with E-state index in [-0.39, 0.29) is 15.2 Å². The smallest absolute Gasteiger partial charge is 0.416 e. The third kappa shape index (κ3) is 4.14. The normalized spacial score (nSPS) is 11.6. The Balaban J connectivity index is 2.25. The average molecular weight is 410 g/mol. The fourth-order valence-corrected chi connectivity index (χ4v) is 3.54. The van der Waals surface area contributed by atoms with E-state index < -0.39 is 17.3 Å². The minimum Gasteiger partial charge on any atom is -0.479 e. The maximum atomic E-state index is 13.1. The van der Waals surface area contributed by atoms with Crippen molar-refractivity contribution in [1.82, 2.24) is 9.55 Å². The van der Waals surface area contributed by atoms with Gasteiger partial charge in [-0.15, -0.1) is 0 Å². The number of halogens is 3. The summed E-state index contributed by atoms with van der Waals surface area (Å²) in [5.74, 6) is 0.